The van der Waals surface area contributed by atoms with E-state index in [0.29, 0.717) is 12.6 Å². The van der Waals surface area contributed by atoms with Crippen LogP contribution in [0.5, 0.6) is 5.75 Å². The first-order valence-electron chi connectivity index (χ1n) is 12.5. The van der Waals surface area contributed by atoms with Crippen LogP contribution in [0.15, 0.2) is 42.5 Å². The Hall–Kier alpha value is -2.65. The molecule has 0 radical (unpaired) electrons. The lowest BCUT2D eigenvalue weighted by Gasteiger charge is -2.33. The SMILES string of the molecule is COCc1nnc(NC2CCN(Cc3ccc(N4CC[C@H](O)C4)cc3)CC2)c2cc(OC)ccc12.Cl. The lowest BCUT2D eigenvalue weighted by atomic mass is 10.0. The number of hydrogen-bond donors (Lipinski definition) is 2. The summed E-state index contributed by atoms with van der Waals surface area (Å²) >= 11 is 0. The van der Waals surface area contributed by atoms with Gasteiger partial charge in [0.2, 0.25) is 0 Å². The summed E-state index contributed by atoms with van der Waals surface area (Å²) in [5, 5.41) is 24.4. The molecule has 2 aromatic carbocycles. The fourth-order valence-corrected chi connectivity index (χ4v) is 5.14. The Labute approximate surface area is 219 Å². The van der Waals surface area contributed by atoms with Crippen LogP contribution in [0.25, 0.3) is 10.8 Å². The molecule has 9 heteroatoms. The lowest BCUT2D eigenvalue weighted by molar-refractivity contribution is 0.182. The molecule has 0 aliphatic carbocycles. The van der Waals surface area contributed by atoms with Crippen LogP contribution < -0.4 is 15.0 Å². The van der Waals surface area contributed by atoms with Gasteiger partial charge < -0.3 is 24.8 Å². The first-order valence-corrected chi connectivity index (χ1v) is 12.5. The van der Waals surface area contributed by atoms with Crippen molar-refractivity contribution in [2.75, 3.05) is 50.6 Å². The monoisotopic (exact) mass is 513 g/mol. The smallest absolute Gasteiger partial charge is 0.156 e. The Kier molecular flexibility index (Phi) is 8.85. The van der Waals surface area contributed by atoms with E-state index in [9.17, 15) is 5.11 Å². The quantitative estimate of drug-likeness (QED) is 0.470. The zero-order valence-corrected chi connectivity index (χ0v) is 21.8. The third-order valence-electron chi connectivity index (χ3n) is 7.14. The summed E-state index contributed by atoms with van der Waals surface area (Å²) in [6.45, 7) is 5.13. The number of piperidine rings is 1. The van der Waals surface area contributed by atoms with Gasteiger partial charge in [-0.3, -0.25) is 4.90 Å². The molecule has 0 amide bonds. The first kappa shape index (κ1) is 26.4. The predicted octanol–water partition coefficient (Wildman–Crippen LogP) is 3.85. The summed E-state index contributed by atoms with van der Waals surface area (Å²) in [5.41, 5.74) is 3.37. The van der Waals surface area contributed by atoms with Crippen molar-refractivity contribution in [3.05, 3.63) is 53.7 Å². The van der Waals surface area contributed by atoms with Gasteiger partial charge in [-0.05, 0) is 55.2 Å². The van der Waals surface area contributed by atoms with Gasteiger partial charge in [-0.2, -0.15) is 5.10 Å². The van der Waals surface area contributed by atoms with Crippen LogP contribution in [0.1, 0.15) is 30.5 Å². The largest absolute Gasteiger partial charge is 0.497 e. The first-order chi connectivity index (χ1) is 17.1. The summed E-state index contributed by atoms with van der Waals surface area (Å²) in [7, 11) is 3.35. The lowest BCUT2D eigenvalue weighted by Crippen LogP contribution is -2.38. The predicted molar refractivity (Wildman–Crippen MR) is 145 cm³/mol. The number of aromatic nitrogens is 2. The Bertz CT molecular complexity index is 1140. The minimum absolute atomic E-state index is 0. The molecule has 2 saturated heterocycles. The number of halogens is 1. The number of rotatable bonds is 8. The second kappa shape index (κ2) is 12.1. The second-order valence-corrected chi connectivity index (χ2v) is 9.59. The fraction of sp³-hybridized carbons (Fsp3) is 0.481. The number of anilines is 2. The molecule has 1 aromatic heterocycles. The number of methoxy groups -OCH3 is 2. The molecule has 0 saturated carbocycles. The minimum Gasteiger partial charge on any atom is -0.497 e. The normalized spacial score (nSPS) is 18.9. The van der Waals surface area contributed by atoms with Crippen LogP contribution in [0.3, 0.4) is 0 Å². The molecule has 2 fully saturated rings. The minimum atomic E-state index is -0.195. The number of likely N-dealkylation sites (tertiary alicyclic amines) is 1. The Morgan fingerprint density at radius 3 is 2.42 bits per heavy atom. The molecule has 5 rings (SSSR count). The van der Waals surface area contributed by atoms with E-state index in [1.807, 2.05) is 18.2 Å². The van der Waals surface area contributed by atoms with Crippen molar-refractivity contribution in [1.29, 1.82) is 0 Å². The van der Waals surface area contributed by atoms with Crippen molar-refractivity contribution < 1.29 is 14.6 Å². The molecule has 8 nitrogen and oxygen atoms in total. The van der Waals surface area contributed by atoms with Gasteiger partial charge in [0.1, 0.15) is 5.75 Å². The molecular formula is C27H36ClN5O3. The van der Waals surface area contributed by atoms with Gasteiger partial charge in [0.25, 0.3) is 0 Å². The number of ether oxygens (including phenoxy) is 2. The summed E-state index contributed by atoms with van der Waals surface area (Å²) in [6, 6.07) is 15.2. The maximum Gasteiger partial charge on any atom is 0.156 e. The Morgan fingerprint density at radius 2 is 1.75 bits per heavy atom. The van der Waals surface area contributed by atoms with Crippen molar-refractivity contribution >= 4 is 34.7 Å². The molecule has 36 heavy (non-hydrogen) atoms. The van der Waals surface area contributed by atoms with Gasteiger partial charge in [0.05, 0.1) is 25.5 Å². The topological polar surface area (TPSA) is 83.0 Å². The van der Waals surface area contributed by atoms with Crippen molar-refractivity contribution in [3.63, 3.8) is 0 Å². The van der Waals surface area contributed by atoms with Crippen LogP contribution in [-0.4, -0.2) is 72.7 Å². The summed E-state index contributed by atoms with van der Waals surface area (Å²) < 4.78 is 10.8. The maximum atomic E-state index is 9.78. The number of aliphatic hydroxyl groups is 1. The third kappa shape index (κ3) is 6.00. The molecule has 3 heterocycles. The van der Waals surface area contributed by atoms with Gasteiger partial charge in [0, 0.05) is 62.3 Å². The molecule has 1 atom stereocenters. The van der Waals surface area contributed by atoms with Gasteiger partial charge in [0.15, 0.2) is 5.82 Å². The molecule has 0 spiro atoms. The highest BCUT2D eigenvalue weighted by Gasteiger charge is 2.22. The summed E-state index contributed by atoms with van der Waals surface area (Å²) in [5.74, 6) is 1.61. The highest BCUT2D eigenvalue weighted by molar-refractivity contribution is 5.94. The highest BCUT2D eigenvalue weighted by atomic mass is 35.5. The zero-order valence-electron chi connectivity index (χ0n) is 21.0. The standard InChI is InChI=1S/C27H35N5O3.ClH/c1-34-18-26-24-8-7-23(35-2)15-25(24)27(30-29-26)28-20-9-12-31(13-10-20)16-19-3-5-21(6-4-19)32-14-11-22(33)17-32;/h3-8,15,20,22,33H,9-14,16-18H2,1-2H3,(H,28,30);1H/t22-;/m0./s1. The molecule has 0 bridgehead atoms. The van der Waals surface area contributed by atoms with E-state index < -0.39 is 0 Å². The van der Waals surface area contributed by atoms with E-state index >= 15 is 0 Å². The van der Waals surface area contributed by atoms with Gasteiger partial charge in [-0.1, -0.05) is 12.1 Å². The maximum absolute atomic E-state index is 9.78. The average molecular weight is 514 g/mol. The third-order valence-corrected chi connectivity index (χ3v) is 7.14. The van der Waals surface area contributed by atoms with Crippen LogP contribution in [-0.2, 0) is 17.9 Å². The number of aliphatic hydroxyl groups excluding tert-OH is 1. The van der Waals surface area contributed by atoms with Crippen LogP contribution >= 0.6 is 12.4 Å². The Morgan fingerprint density at radius 1 is 0.972 bits per heavy atom. The van der Waals surface area contributed by atoms with E-state index in [2.05, 4.69) is 49.6 Å². The van der Waals surface area contributed by atoms with E-state index in [1.165, 1.54) is 11.3 Å². The molecule has 3 aromatic rings. The van der Waals surface area contributed by atoms with Gasteiger partial charge >= 0.3 is 0 Å². The van der Waals surface area contributed by atoms with Crippen molar-refractivity contribution in [2.24, 2.45) is 0 Å². The number of nitrogens with one attached hydrogen (secondary N) is 1. The molecular weight excluding hydrogens is 478 g/mol. The number of benzene rings is 2. The van der Waals surface area contributed by atoms with Crippen molar-refractivity contribution in [3.8, 4) is 5.75 Å². The average Bonchev–Trinajstić information content (AvgIpc) is 3.33. The van der Waals surface area contributed by atoms with Gasteiger partial charge in [-0.15, -0.1) is 17.5 Å². The molecule has 2 N–H and O–H groups in total. The number of β-amino-alcohol motifs (C(OH)–C–C–N with tert-alkyl or cyclic N) is 1. The summed E-state index contributed by atoms with van der Waals surface area (Å²) in [6.07, 6.45) is 2.77. The molecule has 2 aliphatic heterocycles. The zero-order chi connectivity index (χ0) is 24.2. The van der Waals surface area contributed by atoms with E-state index in [4.69, 9.17) is 9.47 Å². The molecule has 194 valence electrons. The highest BCUT2D eigenvalue weighted by Crippen LogP contribution is 2.29. The van der Waals surface area contributed by atoms with Crippen molar-refractivity contribution in [1.82, 2.24) is 15.1 Å². The molecule has 2 aliphatic rings. The number of nitrogens with zero attached hydrogens (tertiary/aromatic N) is 4. The van der Waals surface area contributed by atoms with Gasteiger partial charge in [-0.25, -0.2) is 0 Å². The van der Waals surface area contributed by atoms with Crippen molar-refractivity contribution in [2.45, 2.75) is 44.6 Å². The number of hydrogen-bond acceptors (Lipinski definition) is 8. The Balaban J connectivity index is 0.00000304. The van der Waals surface area contributed by atoms with E-state index in [1.54, 1.807) is 14.2 Å². The number of fused-ring (bicyclic) bond motifs is 1. The fourth-order valence-electron chi connectivity index (χ4n) is 5.14. The molecule has 0 unspecified atom stereocenters. The van der Waals surface area contributed by atoms with Crippen LogP contribution in [0.2, 0.25) is 0 Å². The van der Waals surface area contributed by atoms with Crippen LogP contribution in [0.4, 0.5) is 11.5 Å². The second-order valence-electron chi connectivity index (χ2n) is 9.59. The summed E-state index contributed by atoms with van der Waals surface area (Å²) in [4.78, 5) is 4.77. The van der Waals surface area contributed by atoms with E-state index in [0.717, 1.165) is 80.0 Å². The van der Waals surface area contributed by atoms with E-state index in [-0.39, 0.29) is 18.5 Å². The van der Waals surface area contributed by atoms with Crippen LogP contribution in [0, 0.1) is 0 Å².